The Bertz CT molecular complexity index is 1270. The van der Waals surface area contributed by atoms with Crippen molar-refractivity contribution in [2.45, 2.75) is 24.8 Å². The molecule has 0 aliphatic carbocycles. The first-order valence-electron chi connectivity index (χ1n) is 11.2. The van der Waals surface area contributed by atoms with Gasteiger partial charge in [-0.15, -0.1) is 0 Å². The number of hydrogen-bond donors (Lipinski definition) is 1. The van der Waals surface area contributed by atoms with E-state index in [1.54, 1.807) is 0 Å². The zero-order valence-corrected chi connectivity index (χ0v) is 20.1. The number of aryl methyl sites for hydroxylation is 2. The highest BCUT2D eigenvalue weighted by Gasteiger charge is 2.35. The maximum Gasteiger partial charge on any atom is 0.246 e. The summed E-state index contributed by atoms with van der Waals surface area (Å²) < 4.78 is 41.4. The molecule has 1 atom stereocenters. The van der Waals surface area contributed by atoms with E-state index in [-0.39, 0.29) is 23.9 Å². The van der Waals surface area contributed by atoms with E-state index in [4.69, 9.17) is 0 Å². The number of benzene rings is 3. The molecule has 1 fully saturated rings. The fraction of sp³-hybridized carbons (Fsp3) is 0.269. The number of carbonyl (C=O) groups is 1. The normalized spacial score (nSPS) is 16.2. The van der Waals surface area contributed by atoms with Gasteiger partial charge in [-0.05, 0) is 48.7 Å². The first-order chi connectivity index (χ1) is 16.3. The van der Waals surface area contributed by atoms with Crippen LogP contribution in [0.4, 0.5) is 10.1 Å². The molecule has 34 heavy (non-hydrogen) atoms. The molecular weight excluding hydrogens is 453 g/mol. The van der Waals surface area contributed by atoms with Gasteiger partial charge in [-0.25, -0.2) is 12.8 Å². The Morgan fingerprint density at radius 1 is 0.912 bits per heavy atom. The van der Waals surface area contributed by atoms with Gasteiger partial charge < -0.3 is 5.32 Å². The topological polar surface area (TPSA) is 69.7 Å². The number of rotatable bonds is 6. The van der Waals surface area contributed by atoms with Gasteiger partial charge in [0.2, 0.25) is 15.9 Å². The molecule has 1 aliphatic heterocycles. The Kier molecular flexibility index (Phi) is 7.11. The molecule has 4 rings (SSSR count). The minimum absolute atomic E-state index is 0.163. The minimum atomic E-state index is -3.95. The lowest BCUT2D eigenvalue weighted by atomic mass is 10.0. The summed E-state index contributed by atoms with van der Waals surface area (Å²) in [7, 11) is -3.95. The third kappa shape index (κ3) is 5.04. The predicted molar refractivity (Wildman–Crippen MR) is 130 cm³/mol. The molecule has 3 aromatic carbocycles. The molecular formula is C26H28FN3O3S. The lowest BCUT2D eigenvalue weighted by Crippen LogP contribution is -2.51. The van der Waals surface area contributed by atoms with Crippen LogP contribution in [0, 0.1) is 19.7 Å². The van der Waals surface area contributed by atoms with Crippen LogP contribution in [-0.4, -0.2) is 49.7 Å². The van der Waals surface area contributed by atoms with Crippen molar-refractivity contribution in [3.8, 4) is 0 Å². The van der Waals surface area contributed by atoms with E-state index in [0.29, 0.717) is 13.1 Å². The predicted octanol–water partition coefficient (Wildman–Crippen LogP) is 4.13. The van der Waals surface area contributed by atoms with Gasteiger partial charge in [0.25, 0.3) is 0 Å². The van der Waals surface area contributed by atoms with Crippen molar-refractivity contribution in [1.29, 1.82) is 0 Å². The van der Waals surface area contributed by atoms with Gasteiger partial charge in [0.1, 0.15) is 16.8 Å². The number of piperazine rings is 1. The Balaban J connectivity index is 1.55. The number of hydrogen-bond acceptors (Lipinski definition) is 4. The fourth-order valence-electron chi connectivity index (χ4n) is 4.23. The number of anilines is 1. The lowest BCUT2D eigenvalue weighted by Gasteiger charge is -2.38. The quantitative estimate of drug-likeness (QED) is 0.575. The van der Waals surface area contributed by atoms with Crippen molar-refractivity contribution >= 4 is 21.6 Å². The summed E-state index contributed by atoms with van der Waals surface area (Å²) in [5, 5.41) is 3.06. The van der Waals surface area contributed by atoms with Crippen LogP contribution in [0.1, 0.15) is 22.7 Å². The van der Waals surface area contributed by atoms with E-state index >= 15 is 0 Å². The van der Waals surface area contributed by atoms with E-state index in [9.17, 15) is 17.6 Å². The summed E-state index contributed by atoms with van der Waals surface area (Å²) in [6, 6.07) is 20.2. The van der Waals surface area contributed by atoms with Gasteiger partial charge in [0, 0.05) is 31.9 Å². The van der Waals surface area contributed by atoms with Gasteiger partial charge in [-0.1, -0.05) is 54.6 Å². The van der Waals surface area contributed by atoms with Crippen molar-refractivity contribution in [3.63, 3.8) is 0 Å². The zero-order valence-electron chi connectivity index (χ0n) is 19.2. The molecule has 1 amide bonds. The van der Waals surface area contributed by atoms with E-state index in [1.165, 1.54) is 22.5 Å². The highest BCUT2D eigenvalue weighted by molar-refractivity contribution is 7.89. The van der Waals surface area contributed by atoms with Crippen molar-refractivity contribution in [1.82, 2.24) is 9.21 Å². The second kappa shape index (κ2) is 10.0. The molecule has 1 aliphatic rings. The molecule has 0 bridgehead atoms. The summed E-state index contributed by atoms with van der Waals surface area (Å²) in [5.74, 6) is -0.940. The van der Waals surface area contributed by atoms with E-state index in [1.807, 2.05) is 67.3 Å². The SMILES string of the molecule is Cc1ccc(C)c(NC(=O)C(c2ccccc2)N2CCN(S(=O)(=O)c3ccccc3F)CC2)c1. The molecule has 0 saturated carbocycles. The summed E-state index contributed by atoms with van der Waals surface area (Å²) in [5.41, 5.74) is 3.60. The Hall–Kier alpha value is -3.07. The van der Waals surface area contributed by atoms with Crippen LogP contribution in [0.25, 0.3) is 0 Å². The van der Waals surface area contributed by atoms with Gasteiger partial charge in [-0.2, -0.15) is 4.31 Å². The highest BCUT2D eigenvalue weighted by atomic mass is 32.2. The molecule has 178 valence electrons. The van der Waals surface area contributed by atoms with Crippen molar-refractivity contribution in [2.24, 2.45) is 0 Å². The van der Waals surface area contributed by atoms with E-state index in [2.05, 4.69) is 5.32 Å². The number of halogens is 1. The maximum atomic E-state index is 14.2. The van der Waals surface area contributed by atoms with Gasteiger partial charge in [0.15, 0.2) is 0 Å². The molecule has 3 aromatic rings. The van der Waals surface area contributed by atoms with E-state index < -0.39 is 21.9 Å². The summed E-state index contributed by atoms with van der Waals surface area (Å²) in [6.07, 6.45) is 0. The Morgan fingerprint density at radius 2 is 1.56 bits per heavy atom. The highest BCUT2D eigenvalue weighted by Crippen LogP contribution is 2.27. The fourth-order valence-corrected chi connectivity index (χ4v) is 5.72. The number of amides is 1. The standard InChI is InChI=1S/C26H28FN3O3S/c1-19-12-13-20(2)23(18-19)28-26(31)25(21-8-4-3-5-9-21)29-14-16-30(17-15-29)34(32,33)24-11-7-6-10-22(24)27/h3-13,18,25H,14-17H2,1-2H3,(H,28,31). The molecule has 0 radical (unpaired) electrons. The monoisotopic (exact) mass is 481 g/mol. The van der Waals surface area contributed by atoms with Crippen molar-refractivity contribution in [3.05, 3.63) is 95.3 Å². The molecule has 1 unspecified atom stereocenters. The van der Waals surface area contributed by atoms with Crippen molar-refractivity contribution < 1.29 is 17.6 Å². The molecule has 1 N–H and O–H groups in total. The first kappa shape index (κ1) is 24.1. The third-order valence-electron chi connectivity index (χ3n) is 6.11. The zero-order chi connectivity index (χ0) is 24.3. The smallest absolute Gasteiger partial charge is 0.246 e. The average molecular weight is 482 g/mol. The van der Waals surface area contributed by atoms with Gasteiger partial charge in [-0.3, -0.25) is 9.69 Å². The molecule has 1 heterocycles. The number of nitrogens with one attached hydrogen (secondary N) is 1. The van der Waals surface area contributed by atoms with Crippen LogP contribution in [0.15, 0.2) is 77.7 Å². The van der Waals surface area contributed by atoms with Crippen LogP contribution in [0.5, 0.6) is 0 Å². The summed E-state index contributed by atoms with van der Waals surface area (Å²) in [4.78, 5) is 15.1. The van der Waals surface area contributed by atoms with Crippen molar-refractivity contribution in [2.75, 3.05) is 31.5 Å². The largest absolute Gasteiger partial charge is 0.324 e. The molecule has 0 aromatic heterocycles. The second-order valence-corrected chi connectivity index (χ2v) is 10.4. The van der Waals surface area contributed by atoms with Crippen LogP contribution in [0.2, 0.25) is 0 Å². The van der Waals surface area contributed by atoms with Gasteiger partial charge >= 0.3 is 0 Å². The minimum Gasteiger partial charge on any atom is -0.324 e. The van der Waals surface area contributed by atoms with Crippen LogP contribution in [-0.2, 0) is 14.8 Å². The maximum absolute atomic E-state index is 14.2. The summed E-state index contributed by atoms with van der Waals surface area (Å²) >= 11 is 0. The lowest BCUT2D eigenvalue weighted by molar-refractivity contribution is -0.122. The Morgan fingerprint density at radius 3 is 2.24 bits per heavy atom. The first-order valence-corrected chi connectivity index (χ1v) is 12.6. The number of carbonyl (C=O) groups excluding carboxylic acids is 1. The number of sulfonamides is 1. The van der Waals surface area contributed by atoms with Crippen LogP contribution in [0.3, 0.4) is 0 Å². The molecule has 6 nitrogen and oxygen atoms in total. The second-order valence-electron chi connectivity index (χ2n) is 8.49. The summed E-state index contributed by atoms with van der Waals surface area (Å²) in [6.45, 7) is 4.92. The average Bonchev–Trinajstić information content (AvgIpc) is 2.83. The number of nitrogens with zero attached hydrogens (tertiary/aromatic N) is 2. The van der Waals surface area contributed by atoms with E-state index in [0.717, 1.165) is 28.4 Å². The van der Waals surface area contributed by atoms with Crippen LogP contribution < -0.4 is 5.32 Å². The molecule has 0 spiro atoms. The molecule has 8 heteroatoms. The van der Waals surface area contributed by atoms with Crippen LogP contribution >= 0.6 is 0 Å². The third-order valence-corrected chi connectivity index (χ3v) is 8.04. The molecule has 1 saturated heterocycles. The Labute approximate surface area is 200 Å². The van der Waals surface area contributed by atoms with Gasteiger partial charge in [0.05, 0.1) is 0 Å².